The van der Waals surface area contributed by atoms with Crippen molar-refractivity contribution >= 4 is 14.9 Å². The lowest BCUT2D eigenvalue weighted by atomic mass is 9.53. The molecule has 0 aromatic rings. The van der Waals surface area contributed by atoms with Crippen LogP contribution in [0.2, 0.25) is 6.32 Å². The third-order valence-electron chi connectivity index (χ3n) is 0.477. The smallest absolute Gasteiger partial charge is 0.0578 e. The van der Waals surface area contributed by atoms with E-state index < -0.39 is 0 Å². The molecule has 31 valence electrons. The topological polar surface area (TPSA) is 20.2 Å². The van der Waals surface area contributed by atoms with Crippen molar-refractivity contribution in [2.24, 2.45) is 0 Å². The van der Waals surface area contributed by atoms with Gasteiger partial charge in [-0.05, 0) is 6.92 Å². The fourth-order valence-corrected chi connectivity index (χ4v) is 0.197. The molecule has 0 heterocycles. The first kappa shape index (κ1) is 6.09. The largest absolute Gasteiger partial charge is 0.394 e. The SMILES string of the molecule is [B][B]C[C@@H](C)O. The molecule has 0 saturated heterocycles. The van der Waals surface area contributed by atoms with Crippen LogP contribution in [0.15, 0.2) is 0 Å². The molecule has 1 atom stereocenters. The van der Waals surface area contributed by atoms with E-state index in [1.807, 2.05) is 0 Å². The maximum Gasteiger partial charge on any atom is 0.0578 e. The third-order valence-corrected chi connectivity index (χ3v) is 0.477. The van der Waals surface area contributed by atoms with Gasteiger partial charge in [0.15, 0.2) is 0 Å². The normalized spacial score (nSPS) is 13.7. The predicted octanol–water partition coefficient (Wildman–Crippen LogP) is -0.427. The van der Waals surface area contributed by atoms with Gasteiger partial charge in [0.05, 0.1) is 7.17 Å². The van der Waals surface area contributed by atoms with Crippen molar-refractivity contribution < 1.29 is 5.11 Å². The molecule has 0 saturated carbocycles. The van der Waals surface area contributed by atoms with Crippen LogP contribution >= 0.6 is 0 Å². The molecule has 0 spiro atoms. The van der Waals surface area contributed by atoms with Crippen molar-refractivity contribution in [1.82, 2.24) is 0 Å². The fourth-order valence-electron chi connectivity index (χ4n) is 0.197. The summed E-state index contributed by atoms with van der Waals surface area (Å²) in [4.78, 5) is 0. The van der Waals surface area contributed by atoms with Gasteiger partial charge in [0, 0.05) is 13.8 Å². The van der Waals surface area contributed by atoms with Crippen LogP contribution < -0.4 is 0 Å². The average Bonchev–Trinajstić information content (AvgIpc) is 1.35. The zero-order valence-corrected chi connectivity index (χ0v) is 3.89. The summed E-state index contributed by atoms with van der Waals surface area (Å²) in [5.74, 6) is 0. The Morgan fingerprint density at radius 2 is 2.50 bits per heavy atom. The monoisotopic (exact) mass is 81.1 g/mol. The summed E-state index contributed by atoms with van der Waals surface area (Å²) in [7, 11) is 6.39. The van der Waals surface area contributed by atoms with E-state index in [1.54, 1.807) is 6.92 Å². The molecule has 0 amide bonds. The van der Waals surface area contributed by atoms with Crippen LogP contribution in [0.25, 0.3) is 0 Å². The maximum atomic E-state index is 8.44. The Balaban J connectivity index is 2.63. The lowest BCUT2D eigenvalue weighted by Crippen LogP contribution is -2.02. The molecule has 0 unspecified atom stereocenters. The quantitative estimate of drug-likeness (QED) is 0.447. The van der Waals surface area contributed by atoms with Gasteiger partial charge in [-0.15, -0.1) is 0 Å². The lowest BCUT2D eigenvalue weighted by Gasteiger charge is -1.95. The summed E-state index contributed by atoms with van der Waals surface area (Å²) in [6.45, 7) is 1.70. The van der Waals surface area contributed by atoms with Crippen LogP contribution in [0.4, 0.5) is 0 Å². The van der Waals surface area contributed by atoms with Crippen molar-refractivity contribution in [2.75, 3.05) is 0 Å². The average molecular weight is 80.7 g/mol. The van der Waals surface area contributed by atoms with Gasteiger partial charge in [-0.25, -0.2) is 0 Å². The molecule has 0 bridgehead atoms. The molecule has 0 rings (SSSR count). The summed E-state index contributed by atoms with van der Waals surface area (Å²) >= 11 is 0. The highest BCUT2D eigenvalue weighted by Gasteiger charge is 1.88. The lowest BCUT2D eigenvalue weighted by molar-refractivity contribution is 0.216. The minimum Gasteiger partial charge on any atom is -0.394 e. The zero-order valence-electron chi connectivity index (χ0n) is 3.89. The van der Waals surface area contributed by atoms with Crippen LogP contribution in [-0.2, 0) is 0 Å². The standard InChI is InChI=1S/C3H7B2O/c1-3(6)2-5-4/h3,6H,2H2,1H3/t3-/m1/s1. The van der Waals surface area contributed by atoms with Gasteiger partial charge in [-0.2, -0.15) is 0 Å². The molecule has 1 nitrogen and oxygen atoms in total. The first-order valence-corrected chi connectivity index (χ1v) is 1.99. The molecule has 1 N–H and O–H groups in total. The molecular weight excluding hydrogens is 73.7 g/mol. The summed E-state index contributed by atoms with van der Waals surface area (Å²) in [6, 6.07) is 0. The molecule has 0 aromatic carbocycles. The molecule has 3 heteroatoms. The number of rotatable bonds is 2. The van der Waals surface area contributed by atoms with E-state index in [1.165, 1.54) is 7.17 Å². The van der Waals surface area contributed by atoms with E-state index in [9.17, 15) is 0 Å². The number of aliphatic hydroxyl groups excluding tert-OH is 1. The Morgan fingerprint density at radius 1 is 2.00 bits per heavy atom. The van der Waals surface area contributed by atoms with Crippen LogP contribution in [0.1, 0.15) is 6.92 Å². The van der Waals surface area contributed by atoms with E-state index in [2.05, 4.69) is 0 Å². The molecule has 0 aromatic heterocycles. The number of hydrogen-bond donors (Lipinski definition) is 1. The fraction of sp³-hybridized carbons (Fsp3) is 1.00. The molecular formula is C3H7B2O. The Bertz CT molecular complexity index is 30.0. The van der Waals surface area contributed by atoms with E-state index in [0.717, 1.165) is 0 Å². The van der Waals surface area contributed by atoms with Crippen molar-refractivity contribution in [3.05, 3.63) is 0 Å². The van der Waals surface area contributed by atoms with E-state index in [4.69, 9.17) is 12.8 Å². The van der Waals surface area contributed by atoms with Gasteiger partial charge < -0.3 is 5.11 Å². The van der Waals surface area contributed by atoms with Gasteiger partial charge in [-0.1, -0.05) is 6.32 Å². The van der Waals surface area contributed by atoms with Crippen LogP contribution in [0, 0.1) is 0 Å². The van der Waals surface area contributed by atoms with Gasteiger partial charge in [0.1, 0.15) is 0 Å². The molecule has 6 heavy (non-hydrogen) atoms. The first-order chi connectivity index (χ1) is 2.77. The second-order valence-corrected chi connectivity index (χ2v) is 1.32. The Morgan fingerprint density at radius 3 is 2.50 bits per heavy atom. The molecule has 0 aliphatic carbocycles. The third kappa shape index (κ3) is 4.09. The summed E-state index contributed by atoms with van der Waals surface area (Å²) < 4.78 is 0. The Kier molecular flexibility index (Phi) is 3.34. The summed E-state index contributed by atoms with van der Waals surface area (Å²) in [5.41, 5.74) is 0. The van der Waals surface area contributed by atoms with E-state index >= 15 is 0 Å². The number of hydrogen-bond acceptors (Lipinski definition) is 1. The van der Waals surface area contributed by atoms with E-state index in [-0.39, 0.29) is 6.10 Å². The second-order valence-electron chi connectivity index (χ2n) is 1.32. The highest BCUT2D eigenvalue weighted by molar-refractivity contribution is 6.89. The summed E-state index contributed by atoms with van der Waals surface area (Å²) in [6.07, 6.45) is 0.301. The molecule has 3 radical (unpaired) electrons. The van der Waals surface area contributed by atoms with Crippen LogP contribution in [0.3, 0.4) is 0 Å². The minimum absolute atomic E-state index is 0.282. The summed E-state index contributed by atoms with van der Waals surface area (Å²) in [5, 5.41) is 8.44. The maximum absolute atomic E-state index is 8.44. The van der Waals surface area contributed by atoms with Gasteiger partial charge in [-0.3, -0.25) is 0 Å². The van der Waals surface area contributed by atoms with Gasteiger partial charge >= 0.3 is 0 Å². The van der Waals surface area contributed by atoms with Crippen molar-refractivity contribution in [3.8, 4) is 0 Å². The van der Waals surface area contributed by atoms with Crippen molar-refractivity contribution in [2.45, 2.75) is 19.3 Å². The highest BCUT2D eigenvalue weighted by Crippen LogP contribution is 1.83. The zero-order chi connectivity index (χ0) is 4.99. The van der Waals surface area contributed by atoms with Crippen molar-refractivity contribution in [3.63, 3.8) is 0 Å². The van der Waals surface area contributed by atoms with Gasteiger partial charge in [0.2, 0.25) is 0 Å². The highest BCUT2D eigenvalue weighted by atomic mass is 16.3. The number of aliphatic hydroxyl groups is 1. The second kappa shape index (κ2) is 3.29. The van der Waals surface area contributed by atoms with Crippen molar-refractivity contribution in [1.29, 1.82) is 0 Å². The van der Waals surface area contributed by atoms with Crippen LogP contribution in [0.5, 0.6) is 0 Å². The molecule has 0 fully saturated rings. The minimum atomic E-state index is -0.282. The Hall–Kier alpha value is 0.0899. The van der Waals surface area contributed by atoms with Crippen LogP contribution in [-0.4, -0.2) is 26.1 Å². The van der Waals surface area contributed by atoms with Gasteiger partial charge in [0.25, 0.3) is 0 Å². The molecule has 0 aliphatic rings. The van der Waals surface area contributed by atoms with E-state index in [0.29, 0.717) is 6.32 Å². The predicted molar refractivity (Wildman–Crippen MR) is 28.0 cm³/mol. The Labute approximate surface area is 40.4 Å². The molecule has 0 aliphatic heterocycles. The first-order valence-electron chi connectivity index (χ1n) is 1.99.